The lowest BCUT2D eigenvalue weighted by Crippen LogP contribution is -2.12. The third-order valence-corrected chi connectivity index (χ3v) is 3.28. The van der Waals surface area contributed by atoms with Crippen molar-refractivity contribution in [3.05, 3.63) is 46.2 Å². The van der Waals surface area contributed by atoms with Crippen LogP contribution in [0.25, 0.3) is 5.69 Å². The molecule has 1 aromatic heterocycles. The normalized spacial score (nSPS) is 12.7. The molecule has 108 valence electrons. The minimum atomic E-state index is -4.33. The van der Waals surface area contributed by atoms with Crippen LogP contribution in [0.2, 0.25) is 0 Å². The molecule has 0 saturated heterocycles. The molecule has 1 aromatic carbocycles. The zero-order valence-corrected chi connectivity index (χ0v) is 12.2. The number of halogens is 3. The molecular weight excluding hydrogens is 285 g/mol. The fourth-order valence-corrected chi connectivity index (χ4v) is 2.04. The van der Waals surface area contributed by atoms with E-state index in [9.17, 15) is 13.2 Å². The first kappa shape index (κ1) is 14.8. The number of rotatable bonds is 1. The summed E-state index contributed by atoms with van der Waals surface area (Å²) >= 11 is 5.24. The van der Waals surface area contributed by atoms with Crippen LogP contribution in [0, 0.1) is 4.64 Å². The molecule has 20 heavy (non-hydrogen) atoms. The average molecular weight is 300 g/mol. The molecule has 0 spiro atoms. The maximum atomic E-state index is 12.5. The van der Waals surface area contributed by atoms with E-state index in [0.717, 1.165) is 17.8 Å². The molecule has 0 aliphatic rings. The number of alkyl halides is 3. The highest BCUT2D eigenvalue weighted by atomic mass is 32.1. The Morgan fingerprint density at radius 2 is 1.60 bits per heavy atom. The highest BCUT2D eigenvalue weighted by Gasteiger charge is 2.30. The van der Waals surface area contributed by atoms with Crippen molar-refractivity contribution in [2.75, 3.05) is 0 Å². The monoisotopic (exact) mass is 300 g/mol. The Labute approximate surface area is 120 Å². The molecule has 0 fully saturated rings. The van der Waals surface area contributed by atoms with Crippen LogP contribution in [0.15, 0.2) is 30.3 Å². The molecular formula is C14H15F3N2S. The van der Waals surface area contributed by atoms with Gasteiger partial charge in [-0.25, -0.2) is 4.68 Å². The Kier molecular flexibility index (Phi) is 3.54. The van der Waals surface area contributed by atoms with Crippen LogP contribution >= 0.6 is 12.2 Å². The average Bonchev–Trinajstić information content (AvgIpc) is 2.70. The first-order chi connectivity index (χ1) is 9.09. The molecule has 2 rings (SSSR count). The smallest absolute Gasteiger partial charge is 0.296 e. The quantitative estimate of drug-likeness (QED) is 0.747. The number of hydrogen-bond donors (Lipinski definition) is 1. The van der Waals surface area contributed by atoms with E-state index in [1.165, 1.54) is 12.1 Å². The van der Waals surface area contributed by atoms with Gasteiger partial charge in [-0.15, -0.1) is 0 Å². The molecule has 0 saturated carbocycles. The summed E-state index contributed by atoms with van der Waals surface area (Å²) in [5.74, 6) is 0. The van der Waals surface area contributed by atoms with Crippen LogP contribution in [0.1, 0.15) is 32.0 Å². The zero-order chi connectivity index (χ0) is 15.1. The number of hydrogen-bond acceptors (Lipinski definition) is 1. The summed E-state index contributed by atoms with van der Waals surface area (Å²) < 4.78 is 39.7. The van der Waals surface area contributed by atoms with E-state index >= 15 is 0 Å². The first-order valence-electron chi connectivity index (χ1n) is 6.09. The number of H-pyrrole nitrogens is 1. The molecule has 0 atom stereocenters. The topological polar surface area (TPSA) is 20.7 Å². The van der Waals surface area contributed by atoms with Gasteiger partial charge in [0.2, 0.25) is 0 Å². The second-order valence-electron chi connectivity index (χ2n) is 5.64. The Bertz CT molecular complexity index is 657. The molecule has 0 radical (unpaired) electrons. The van der Waals surface area contributed by atoms with E-state index in [4.69, 9.17) is 12.2 Å². The highest BCUT2D eigenvalue weighted by molar-refractivity contribution is 7.71. The second-order valence-corrected chi connectivity index (χ2v) is 6.06. The summed E-state index contributed by atoms with van der Waals surface area (Å²) in [5.41, 5.74) is 0.737. The van der Waals surface area contributed by atoms with Gasteiger partial charge < -0.3 is 0 Å². The molecule has 0 bridgehead atoms. The molecule has 1 N–H and O–H groups in total. The van der Waals surface area contributed by atoms with Gasteiger partial charge in [0.25, 0.3) is 0 Å². The summed E-state index contributed by atoms with van der Waals surface area (Å²) in [4.78, 5) is 0. The van der Waals surface area contributed by atoms with E-state index in [2.05, 4.69) is 5.10 Å². The Hall–Kier alpha value is -1.56. The molecule has 0 aliphatic carbocycles. The van der Waals surface area contributed by atoms with Gasteiger partial charge in [0.1, 0.15) is 4.64 Å². The van der Waals surface area contributed by atoms with Gasteiger partial charge in [-0.05, 0) is 30.3 Å². The van der Waals surface area contributed by atoms with Crippen molar-refractivity contribution in [1.29, 1.82) is 0 Å². The third kappa shape index (κ3) is 2.95. The molecule has 0 aliphatic heterocycles. The van der Waals surface area contributed by atoms with Gasteiger partial charge in [0, 0.05) is 11.1 Å². The van der Waals surface area contributed by atoms with Crippen molar-refractivity contribution in [2.24, 2.45) is 0 Å². The van der Waals surface area contributed by atoms with Crippen molar-refractivity contribution in [2.45, 2.75) is 32.4 Å². The lowest BCUT2D eigenvalue weighted by Gasteiger charge is -2.16. The zero-order valence-electron chi connectivity index (χ0n) is 11.4. The fraction of sp³-hybridized carbons (Fsp3) is 0.357. The van der Waals surface area contributed by atoms with E-state index in [-0.39, 0.29) is 5.41 Å². The van der Waals surface area contributed by atoms with Crippen LogP contribution in [0.3, 0.4) is 0 Å². The van der Waals surface area contributed by atoms with Crippen LogP contribution < -0.4 is 0 Å². The largest absolute Gasteiger partial charge is 0.416 e. The van der Waals surface area contributed by atoms with Crippen molar-refractivity contribution in [3.63, 3.8) is 0 Å². The molecule has 0 unspecified atom stereocenters. The Balaban J connectivity index is 2.43. The van der Waals surface area contributed by atoms with Gasteiger partial charge in [-0.1, -0.05) is 33.0 Å². The standard InChI is InChI=1S/C14H15F3N2S/c1-13(2,3)11-8-12(20)19(18-11)10-6-4-9(5-7-10)14(15,16)17/h4-8,18H,1-3H3. The third-order valence-electron chi connectivity index (χ3n) is 2.98. The molecule has 0 amide bonds. The summed E-state index contributed by atoms with van der Waals surface area (Å²) in [6, 6.07) is 6.74. The lowest BCUT2D eigenvalue weighted by atomic mass is 9.93. The molecule has 2 nitrogen and oxygen atoms in total. The highest BCUT2D eigenvalue weighted by Crippen LogP contribution is 2.30. The number of benzene rings is 1. The Morgan fingerprint density at radius 3 is 2.00 bits per heavy atom. The maximum absolute atomic E-state index is 12.5. The van der Waals surface area contributed by atoms with Crippen molar-refractivity contribution >= 4 is 12.2 Å². The van der Waals surface area contributed by atoms with Crippen LogP contribution in [-0.2, 0) is 11.6 Å². The minimum absolute atomic E-state index is 0.106. The maximum Gasteiger partial charge on any atom is 0.416 e. The fourth-order valence-electron chi connectivity index (χ4n) is 1.77. The predicted octanol–water partition coefficient (Wildman–Crippen LogP) is 4.85. The number of nitrogens with zero attached hydrogens (tertiary/aromatic N) is 1. The van der Waals surface area contributed by atoms with E-state index in [1.54, 1.807) is 4.68 Å². The summed E-state index contributed by atoms with van der Waals surface area (Å²) in [6.45, 7) is 6.10. The van der Waals surface area contributed by atoms with Gasteiger partial charge in [0.15, 0.2) is 0 Å². The Morgan fingerprint density at radius 1 is 1.05 bits per heavy atom. The second kappa shape index (κ2) is 4.77. The molecule has 1 heterocycles. The first-order valence-corrected chi connectivity index (χ1v) is 6.50. The minimum Gasteiger partial charge on any atom is -0.296 e. The molecule has 6 heteroatoms. The van der Waals surface area contributed by atoms with Crippen molar-refractivity contribution < 1.29 is 13.2 Å². The van der Waals surface area contributed by atoms with Gasteiger partial charge >= 0.3 is 6.18 Å². The SMILES string of the molecule is CC(C)(C)c1cc(=S)n(-c2ccc(C(F)(F)F)cc2)[nH]1. The number of aromatic nitrogens is 2. The van der Waals surface area contributed by atoms with Gasteiger partial charge in [-0.3, -0.25) is 5.10 Å². The van der Waals surface area contributed by atoms with Crippen LogP contribution in [-0.4, -0.2) is 9.78 Å². The number of aromatic amines is 1. The van der Waals surface area contributed by atoms with Crippen molar-refractivity contribution in [3.8, 4) is 5.69 Å². The van der Waals surface area contributed by atoms with E-state index in [0.29, 0.717) is 10.3 Å². The number of nitrogens with one attached hydrogen (secondary N) is 1. The summed E-state index contributed by atoms with van der Waals surface area (Å²) in [5, 5.41) is 3.13. The van der Waals surface area contributed by atoms with Crippen LogP contribution in [0.5, 0.6) is 0 Å². The van der Waals surface area contributed by atoms with Gasteiger partial charge in [-0.2, -0.15) is 13.2 Å². The van der Waals surface area contributed by atoms with E-state index < -0.39 is 11.7 Å². The summed E-state index contributed by atoms with van der Waals surface area (Å²) in [6.07, 6.45) is -4.33. The van der Waals surface area contributed by atoms with Crippen molar-refractivity contribution in [1.82, 2.24) is 9.78 Å². The summed E-state index contributed by atoms with van der Waals surface area (Å²) in [7, 11) is 0. The van der Waals surface area contributed by atoms with Gasteiger partial charge in [0.05, 0.1) is 11.3 Å². The van der Waals surface area contributed by atoms with E-state index in [1.807, 2.05) is 26.8 Å². The lowest BCUT2D eigenvalue weighted by molar-refractivity contribution is -0.137. The molecule has 2 aromatic rings. The predicted molar refractivity (Wildman–Crippen MR) is 74.7 cm³/mol. The van der Waals surface area contributed by atoms with Crippen LogP contribution in [0.4, 0.5) is 13.2 Å².